The van der Waals surface area contributed by atoms with Gasteiger partial charge in [-0.05, 0) is 24.3 Å². The number of sulfonamides is 1. The van der Waals surface area contributed by atoms with Crippen LogP contribution in [0, 0.1) is 0 Å². The van der Waals surface area contributed by atoms with E-state index in [-0.39, 0.29) is 18.1 Å². The number of aliphatic hydroxyl groups excluding tert-OH is 1. The van der Waals surface area contributed by atoms with Crippen LogP contribution in [0.15, 0.2) is 29.2 Å². The highest BCUT2D eigenvalue weighted by Crippen LogP contribution is 2.25. The Morgan fingerprint density at radius 1 is 1.40 bits per heavy atom. The first-order chi connectivity index (χ1) is 9.54. The fourth-order valence-corrected chi connectivity index (χ4v) is 4.78. The minimum absolute atomic E-state index is 0.0661. The molecule has 7 heteroatoms. The lowest BCUT2D eigenvalue weighted by Gasteiger charge is -2.29. The van der Waals surface area contributed by atoms with Gasteiger partial charge in [0.05, 0.1) is 11.5 Å². The van der Waals surface area contributed by atoms with Crippen LogP contribution in [0.25, 0.3) is 0 Å². The molecule has 1 aromatic rings. The summed E-state index contributed by atoms with van der Waals surface area (Å²) in [5.74, 6) is 1.39. The molecule has 1 heterocycles. The molecule has 0 radical (unpaired) electrons. The Morgan fingerprint density at radius 2 is 2.10 bits per heavy atom. The van der Waals surface area contributed by atoms with Crippen LogP contribution >= 0.6 is 11.8 Å². The fraction of sp³-hybridized carbons (Fsp3) is 0.538. The SMILES string of the molecule is CC1CN(S(=O)(=O)c2ccc(OCCO)cc2)CCS1. The summed E-state index contributed by atoms with van der Waals surface area (Å²) in [4.78, 5) is 0.285. The summed E-state index contributed by atoms with van der Waals surface area (Å²) in [6, 6.07) is 6.33. The lowest BCUT2D eigenvalue weighted by Crippen LogP contribution is -2.40. The maximum atomic E-state index is 12.5. The van der Waals surface area contributed by atoms with Crippen molar-refractivity contribution >= 4 is 21.8 Å². The monoisotopic (exact) mass is 317 g/mol. The average Bonchev–Trinajstić information content (AvgIpc) is 2.45. The molecule has 5 nitrogen and oxygen atoms in total. The van der Waals surface area contributed by atoms with Gasteiger partial charge in [-0.15, -0.1) is 0 Å². The largest absolute Gasteiger partial charge is 0.491 e. The molecule has 0 bridgehead atoms. The molecule has 0 spiro atoms. The second kappa shape index (κ2) is 6.80. The maximum absolute atomic E-state index is 12.5. The minimum atomic E-state index is -3.42. The van der Waals surface area contributed by atoms with Crippen LogP contribution in [0.3, 0.4) is 0 Å². The van der Waals surface area contributed by atoms with Gasteiger partial charge in [0, 0.05) is 24.1 Å². The van der Waals surface area contributed by atoms with Gasteiger partial charge in [-0.2, -0.15) is 16.1 Å². The molecule has 1 aromatic carbocycles. The van der Waals surface area contributed by atoms with Crippen LogP contribution < -0.4 is 4.74 Å². The predicted molar refractivity (Wildman–Crippen MR) is 79.7 cm³/mol. The molecular formula is C13H19NO4S2. The zero-order valence-electron chi connectivity index (χ0n) is 11.4. The van der Waals surface area contributed by atoms with Crippen LogP contribution in [-0.4, -0.2) is 55.1 Å². The van der Waals surface area contributed by atoms with Gasteiger partial charge in [-0.1, -0.05) is 6.92 Å². The highest BCUT2D eigenvalue weighted by molar-refractivity contribution is 8.00. The van der Waals surface area contributed by atoms with E-state index in [0.717, 1.165) is 5.75 Å². The Balaban J connectivity index is 2.12. The van der Waals surface area contributed by atoms with E-state index < -0.39 is 10.0 Å². The van der Waals surface area contributed by atoms with Gasteiger partial charge >= 0.3 is 0 Å². The number of aliphatic hydroxyl groups is 1. The van der Waals surface area contributed by atoms with Crippen LogP contribution in [0.1, 0.15) is 6.92 Å². The van der Waals surface area contributed by atoms with Gasteiger partial charge in [-0.25, -0.2) is 8.42 Å². The Morgan fingerprint density at radius 3 is 2.70 bits per heavy atom. The van der Waals surface area contributed by atoms with Gasteiger partial charge in [0.15, 0.2) is 0 Å². The summed E-state index contributed by atoms with van der Waals surface area (Å²) in [5, 5.41) is 9.00. The van der Waals surface area contributed by atoms with E-state index in [1.165, 1.54) is 4.31 Å². The summed E-state index contributed by atoms with van der Waals surface area (Å²) in [6.45, 7) is 3.28. The maximum Gasteiger partial charge on any atom is 0.243 e. The standard InChI is InChI=1S/C13H19NO4S2/c1-11-10-14(6-9-19-11)20(16,17)13-4-2-12(3-5-13)18-8-7-15/h2-5,11,15H,6-10H2,1H3. The summed E-state index contributed by atoms with van der Waals surface area (Å²) < 4.78 is 31.8. The van der Waals surface area contributed by atoms with Crippen LogP contribution in [0.2, 0.25) is 0 Å². The Kier molecular flexibility index (Phi) is 5.31. The predicted octanol–water partition coefficient (Wildman–Crippen LogP) is 1.18. The zero-order valence-corrected chi connectivity index (χ0v) is 13.0. The minimum Gasteiger partial charge on any atom is -0.491 e. The number of rotatable bonds is 5. The van der Waals surface area contributed by atoms with E-state index in [2.05, 4.69) is 0 Å². The van der Waals surface area contributed by atoms with E-state index >= 15 is 0 Å². The molecule has 1 atom stereocenters. The summed E-state index contributed by atoms with van der Waals surface area (Å²) in [5.41, 5.74) is 0. The van der Waals surface area contributed by atoms with Crippen molar-refractivity contribution in [3.63, 3.8) is 0 Å². The second-order valence-electron chi connectivity index (χ2n) is 4.59. The van der Waals surface area contributed by atoms with Gasteiger partial charge in [0.25, 0.3) is 0 Å². The molecule has 0 aromatic heterocycles. The van der Waals surface area contributed by atoms with Crippen LogP contribution in [0.4, 0.5) is 0 Å². The molecular weight excluding hydrogens is 298 g/mol. The summed E-state index contributed by atoms with van der Waals surface area (Å²) in [7, 11) is -3.42. The number of hydrogen-bond donors (Lipinski definition) is 1. The van der Waals surface area contributed by atoms with E-state index in [9.17, 15) is 8.42 Å². The van der Waals surface area contributed by atoms with E-state index in [4.69, 9.17) is 9.84 Å². The number of ether oxygens (including phenoxy) is 1. The van der Waals surface area contributed by atoms with Crippen molar-refractivity contribution in [3.05, 3.63) is 24.3 Å². The van der Waals surface area contributed by atoms with Crippen molar-refractivity contribution in [1.82, 2.24) is 4.31 Å². The Bertz CT molecular complexity index is 530. The molecule has 1 N–H and O–H groups in total. The van der Waals surface area contributed by atoms with Crippen molar-refractivity contribution in [2.75, 3.05) is 32.1 Å². The molecule has 1 unspecified atom stereocenters. The highest BCUT2D eigenvalue weighted by Gasteiger charge is 2.28. The molecule has 0 saturated carbocycles. The topological polar surface area (TPSA) is 66.8 Å². The number of benzene rings is 1. The van der Waals surface area contributed by atoms with Gasteiger partial charge < -0.3 is 9.84 Å². The molecule has 1 saturated heterocycles. The first-order valence-electron chi connectivity index (χ1n) is 6.49. The van der Waals surface area contributed by atoms with Crippen molar-refractivity contribution < 1.29 is 18.3 Å². The lowest BCUT2D eigenvalue weighted by molar-refractivity contribution is 0.201. The normalized spacial score (nSPS) is 20.8. The van der Waals surface area contributed by atoms with Crippen molar-refractivity contribution in [3.8, 4) is 5.75 Å². The molecule has 1 aliphatic heterocycles. The third-order valence-corrected chi connectivity index (χ3v) is 6.04. The number of nitrogens with zero attached hydrogens (tertiary/aromatic N) is 1. The van der Waals surface area contributed by atoms with Crippen molar-refractivity contribution in [1.29, 1.82) is 0 Å². The highest BCUT2D eigenvalue weighted by atomic mass is 32.2. The smallest absolute Gasteiger partial charge is 0.243 e. The molecule has 0 aliphatic carbocycles. The molecule has 2 rings (SSSR count). The quantitative estimate of drug-likeness (QED) is 0.883. The average molecular weight is 317 g/mol. The molecule has 1 fully saturated rings. The number of thioether (sulfide) groups is 1. The summed E-state index contributed by atoms with van der Waals surface area (Å²) >= 11 is 1.79. The van der Waals surface area contributed by atoms with Crippen LogP contribution in [0.5, 0.6) is 5.75 Å². The second-order valence-corrected chi connectivity index (χ2v) is 8.07. The van der Waals surface area contributed by atoms with Crippen molar-refractivity contribution in [2.45, 2.75) is 17.1 Å². The Labute approximate surface area is 124 Å². The third-order valence-electron chi connectivity index (χ3n) is 3.03. The van der Waals surface area contributed by atoms with Gasteiger partial charge in [-0.3, -0.25) is 0 Å². The Hall–Kier alpha value is -0.760. The third kappa shape index (κ3) is 3.66. The molecule has 112 valence electrons. The fourth-order valence-electron chi connectivity index (χ4n) is 2.03. The van der Waals surface area contributed by atoms with E-state index in [1.807, 2.05) is 6.92 Å². The number of hydrogen-bond acceptors (Lipinski definition) is 5. The molecule has 0 amide bonds. The molecule has 20 heavy (non-hydrogen) atoms. The van der Waals surface area contributed by atoms with E-state index in [0.29, 0.717) is 24.1 Å². The molecule has 1 aliphatic rings. The van der Waals surface area contributed by atoms with Crippen molar-refractivity contribution in [2.24, 2.45) is 0 Å². The van der Waals surface area contributed by atoms with E-state index in [1.54, 1.807) is 36.0 Å². The lowest BCUT2D eigenvalue weighted by atomic mass is 10.3. The first kappa shape index (κ1) is 15.6. The zero-order chi connectivity index (χ0) is 14.6. The van der Waals surface area contributed by atoms with Crippen LogP contribution in [-0.2, 0) is 10.0 Å². The van der Waals surface area contributed by atoms with Gasteiger partial charge in [0.2, 0.25) is 10.0 Å². The first-order valence-corrected chi connectivity index (χ1v) is 8.98. The van der Waals surface area contributed by atoms with Gasteiger partial charge in [0.1, 0.15) is 12.4 Å². The summed E-state index contributed by atoms with van der Waals surface area (Å²) in [6.07, 6.45) is 0.